The van der Waals surface area contributed by atoms with Crippen LogP contribution in [0.4, 0.5) is 5.69 Å². The number of esters is 1. The number of thiophene rings is 1. The number of methoxy groups -OCH3 is 2. The topological polar surface area (TPSA) is 73.9 Å². The summed E-state index contributed by atoms with van der Waals surface area (Å²) in [7, 11) is 2.94. The maximum atomic E-state index is 12.9. The summed E-state index contributed by atoms with van der Waals surface area (Å²) in [6.07, 6.45) is 0. The first kappa shape index (κ1) is 21.4. The van der Waals surface area contributed by atoms with E-state index in [0.717, 1.165) is 21.4 Å². The molecule has 4 rings (SSSR count). The number of hydrogen-bond donors (Lipinski definition) is 1. The minimum Gasteiger partial charge on any atom is -0.496 e. The van der Waals surface area contributed by atoms with Crippen LogP contribution in [0, 0.1) is 0 Å². The number of hydrogen-bond acceptors (Lipinski definition) is 6. The second-order valence-electron chi connectivity index (χ2n) is 6.94. The number of para-hydroxylation sites is 1. The van der Waals surface area contributed by atoms with Crippen molar-refractivity contribution >= 4 is 39.0 Å². The quantitative estimate of drug-likeness (QED) is 0.377. The third kappa shape index (κ3) is 4.73. The van der Waals surface area contributed by atoms with Crippen molar-refractivity contribution in [1.29, 1.82) is 0 Å². The molecule has 0 saturated heterocycles. The van der Waals surface area contributed by atoms with E-state index in [2.05, 4.69) is 5.32 Å². The molecule has 4 aromatic rings. The highest BCUT2D eigenvalue weighted by Crippen LogP contribution is 2.29. The Hall–Kier alpha value is -3.84. The SMILES string of the molecule is COC(=O)c1cc2cc(NC(=O)c3ccc(OC)c(COc4ccccc4)c3)ccc2s1. The van der Waals surface area contributed by atoms with E-state index >= 15 is 0 Å². The van der Waals surface area contributed by atoms with Gasteiger partial charge in [-0.15, -0.1) is 11.3 Å². The van der Waals surface area contributed by atoms with Crippen molar-refractivity contribution in [3.8, 4) is 11.5 Å². The Bertz CT molecular complexity index is 1270. The van der Waals surface area contributed by atoms with Crippen LogP contribution in [0.3, 0.4) is 0 Å². The Labute approximate surface area is 189 Å². The third-order valence-corrected chi connectivity index (χ3v) is 5.94. The molecule has 1 aromatic heterocycles. The number of amides is 1. The Balaban J connectivity index is 1.51. The van der Waals surface area contributed by atoms with E-state index in [1.807, 2.05) is 42.5 Å². The maximum Gasteiger partial charge on any atom is 0.348 e. The molecule has 0 atom stereocenters. The van der Waals surface area contributed by atoms with Gasteiger partial charge in [-0.3, -0.25) is 4.79 Å². The minimum atomic E-state index is -0.375. The highest BCUT2D eigenvalue weighted by molar-refractivity contribution is 7.20. The van der Waals surface area contributed by atoms with Gasteiger partial charge < -0.3 is 19.5 Å². The molecule has 0 spiro atoms. The van der Waals surface area contributed by atoms with Gasteiger partial charge in [0, 0.05) is 21.5 Å². The number of rotatable bonds is 7. The molecule has 3 aromatic carbocycles. The molecule has 6 nitrogen and oxygen atoms in total. The summed E-state index contributed by atoms with van der Waals surface area (Å²) >= 11 is 1.35. The van der Waals surface area contributed by atoms with Gasteiger partial charge in [-0.05, 0) is 60.0 Å². The summed E-state index contributed by atoms with van der Waals surface area (Å²) in [6, 6.07) is 21.9. The highest BCUT2D eigenvalue weighted by Gasteiger charge is 2.14. The minimum absolute atomic E-state index is 0.253. The third-order valence-electron chi connectivity index (χ3n) is 4.84. The molecule has 1 heterocycles. The standard InChI is InChI=1S/C25H21NO5S/c1-29-21-10-8-16(12-18(21)15-31-20-6-4-3-5-7-20)24(27)26-19-9-11-22-17(13-19)14-23(32-22)25(28)30-2/h3-14H,15H2,1-2H3,(H,26,27). The van der Waals surface area contributed by atoms with E-state index in [9.17, 15) is 9.59 Å². The van der Waals surface area contributed by atoms with Gasteiger partial charge in [0.15, 0.2) is 0 Å². The van der Waals surface area contributed by atoms with E-state index in [1.165, 1.54) is 18.4 Å². The van der Waals surface area contributed by atoms with Crippen LogP contribution in [0.5, 0.6) is 11.5 Å². The fourth-order valence-electron chi connectivity index (χ4n) is 3.24. The van der Waals surface area contributed by atoms with Crippen LogP contribution in [0.15, 0.2) is 72.8 Å². The van der Waals surface area contributed by atoms with Crippen LogP contribution in [0.2, 0.25) is 0 Å². The highest BCUT2D eigenvalue weighted by atomic mass is 32.1. The average Bonchev–Trinajstić information content (AvgIpc) is 3.26. The van der Waals surface area contributed by atoms with E-state index < -0.39 is 0 Å². The van der Waals surface area contributed by atoms with Crippen LogP contribution in [-0.4, -0.2) is 26.1 Å². The lowest BCUT2D eigenvalue weighted by atomic mass is 10.1. The van der Waals surface area contributed by atoms with Crippen LogP contribution in [-0.2, 0) is 11.3 Å². The zero-order valence-corrected chi connectivity index (χ0v) is 18.4. The lowest BCUT2D eigenvalue weighted by molar-refractivity contribution is 0.0606. The van der Waals surface area contributed by atoms with Crippen molar-refractivity contribution in [3.05, 3.63) is 88.8 Å². The molecule has 0 bridgehead atoms. The number of fused-ring (bicyclic) bond motifs is 1. The van der Waals surface area contributed by atoms with Crippen molar-refractivity contribution in [2.45, 2.75) is 6.61 Å². The molecule has 7 heteroatoms. The van der Waals surface area contributed by atoms with Gasteiger partial charge in [-0.2, -0.15) is 0 Å². The first-order valence-electron chi connectivity index (χ1n) is 9.85. The van der Waals surface area contributed by atoms with Gasteiger partial charge in [0.05, 0.1) is 14.2 Å². The van der Waals surface area contributed by atoms with E-state index in [1.54, 1.807) is 37.4 Å². The van der Waals surface area contributed by atoms with Crippen molar-refractivity contribution in [2.24, 2.45) is 0 Å². The summed E-state index contributed by atoms with van der Waals surface area (Å²) in [5, 5.41) is 3.77. The molecular formula is C25H21NO5S. The molecule has 0 unspecified atom stereocenters. The predicted octanol–water partition coefficient (Wildman–Crippen LogP) is 5.53. The monoisotopic (exact) mass is 447 g/mol. The summed E-state index contributed by atoms with van der Waals surface area (Å²) in [5.41, 5.74) is 1.88. The van der Waals surface area contributed by atoms with Crippen LogP contribution in [0.1, 0.15) is 25.6 Å². The molecule has 32 heavy (non-hydrogen) atoms. The van der Waals surface area contributed by atoms with Crippen LogP contribution in [0.25, 0.3) is 10.1 Å². The molecule has 1 N–H and O–H groups in total. The molecule has 0 saturated carbocycles. The van der Waals surface area contributed by atoms with Gasteiger partial charge in [-0.25, -0.2) is 4.79 Å². The predicted molar refractivity (Wildman–Crippen MR) is 125 cm³/mol. The zero-order valence-electron chi connectivity index (χ0n) is 17.6. The summed E-state index contributed by atoms with van der Waals surface area (Å²) in [6.45, 7) is 0.269. The second kappa shape index (κ2) is 9.53. The Morgan fingerprint density at radius 2 is 1.75 bits per heavy atom. The molecule has 0 aliphatic carbocycles. The van der Waals surface area contributed by atoms with Gasteiger partial charge in [0.25, 0.3) is 5.91 Å². The van der Waals surface area contributed by atoms with Crippen LogP contribution < -0.4 is 14.8 Å². The van der Waals surface area contributed by atoms with Gasteiger partial charge in [0.2, 0.25) is 0 Å². The first-order valence-corrected chi connectivity index (χ1v) is 10.7. The number of carbonyl (C=O) groups is 2. The van der Waals surface area contributed by atoms with E-state index in [4.69, 9.17) is 14.2 Å². The summed E-state index contributed by atoms with van der Waals surface area (Å²) in [4.78, 5) is 25.1. The lowest BCUT2D eigenvalue weighted by Gasteiger charge is -2.12. The molecule has 0 radical (unpaired) electrons. The van der Waals surface area contributed by atoms with Crippen molar-refractivity contribution in [2.75, 3.05) is 19.5 Å². The Kier molecular flexibility index (Phi) is 6.37. The summed E-state index contributed by atoms with van der Waals surface area (Å²) < 4.78 is 17.0. The first-order chi connectivity index (χ1) is 15.6. The van der Waals surface area contributed by atoms with Crippen molar-refractivity contribution in [3.63, 3.8) is 0 Å². The van der Waals surface area contributed by atoms with Gasteiger partial charge >= 0.3 is 5.97 Å². The molecular weight excluding hydrogens is 426 g/mol. The smallest absolute Gasteiger partial charge is 0.348 e. The number of ether oxygens (including phenoxy) is 3. The molecule has 1 amide bonds. The van der Waals surface area contributed by atoms with Crippen molar-refractivity contribution < 1.29 is 23.8 Å². The molecule has 0 fully saturated rings. The average molecular weight is 448 g/mol. The number of nitrogens with one attached hydrogen (secondary N) is 1. The Morgan fingerprint density at radius 1 is 0.938 bits per heavy atom. The van der Waals surface area contributed by atoms with E-state index in [0.29, 0.717) is 21.9 Å². The largest absolute Gasteiger partial charge is 0.496 e. The van der Waals surface area contributed by atoms with E-state index in [-0.39, 0.29) is 18.5 Å². The van der Waals surface area contributed by atoms with Crippen molar-refractivity contribution in [1.82, 2.24) is 0 Å². The lowest BCUT2D eigenvalue weighted by Crippen LogP contribution is -2.12. The number of carbonyl (C=O) groups excluding carboxylic acids is 2. The van der Waals surface area contributed by atoms with Gasteiger partial charge in [-0.1, -0.05) is 18.2 Å². The maximum absolute atomic E-state index is 12.9. The summed E-state index contributed by atoms with van der Waals surface area (Å²) in [5.74, 6) is 0.754. The second-order valence-corrected chi connectivity index (χ2v) is 8.02. The molecule has 0 aliphatic rings. The van der Waals surface area contributed by atoms with Crippen LogP contribution >= 0.6 is 11.3 Å². The fraction of sp³-hybridized carbons (Fsp3) is 0.120. The fourth-order valence-corrected chi connectivity index (χ4v) is 4.20. The number of anilines is 1. The zero-order chi connectivity index (χ0) is 22.5. The van der Waals surface area contributed by atoms with Gasteiger partial charge in [0.1, 0.15) is 23.0 Å². The normalized spacial score (nSPS) is 10.6. The Morgan fingerprint density at radius 3 is 2.50 bits per heavy atom. The number of benzene rings is 3. The molecule has 162 valence electrons. The molecule has 0 aliphatic heterocycles.